The Morgan fingerprint density at radius 1 is 0.417 bits per heavy atom. The van der Waals surface area contributed by atoms with Crippen molar-refractivity contribution in [3.8, 4) is 45.3 Å². The van der Waals surface area contributed by atoms with Crippen molar-refractivity contribution in [1.29, 1.82) is 0 Å². The van der Waals surface area contributed by atoms with Gasteiger partial charge in [0.2, 0.25) is 0 Å². The van der Waals surface area contributed by atoms with Crippen LogP contribution in [0.1, 0.15) is 19.4 Å². The van der Waals surface area contributed by atoms with Gasteiger partial charge in [0.15, 0.2) is 17.5 Å². The lowest BCUT2D eigenvalue weighted by molar-refractivity contribution is 1.07. The highest BCUT2D eigenvalue weighted by Crippen LogP contribution is 2.37. The topological polar surface area (TPSA) is 38.7 Å². The molecule has 0 spiro atoms. The average molecular weight is 616 g/mol. The molecule has 1 heterocycles. The fourth-order valence-electron chi connectivity index (χ4n) is 6.52. The molecule has 0 N–H and O–H groups in total. The highest BCUT2D eigenvalue weighted by Gasteiger charge is 2.16. The first-order valence-corrected chi connectivity index (χ1v) is 16.3. The van der Waals surface area contributed by atoms with Crippen molar-refractivity contribution in [1.82, 2.24) is 15.0 Å². The lowest BCUT2D eigenvalue weighted by Gasteiger charge is -2.13. The van der Waals surface area contributed by atoms with E-state index in [-0.39, 0.29) is 0 Å². The van der Waals surface area contributed by atoms with Crippen LogP contribution in [-0.4, -0.2) is 15.0 Å². The summed E-state index contributed by atoms with van der Waals surface area (Å²) >= 11 is 0. The lowest BCUT2D eigenvalue weighted by Crippen LogP contribution is -2.00. The van der Waals surface area contributed by atoms with Crippen molar-refractivity contribution in [3.63, 3.8) is 0 Å². The summed E-state index contributed by atoms with van der Waals surface area (Å²) in [5.74, 6) is 1.93. The van der Waals surface area contributed by atoms with E-state index in [1.165, 1.54) is 37.9 Å². The van der Waals surface area contributed by atoms with Crippen LogP contribution >= 0.6 is 0 Å². The monoisotopic (exact) mass is 615 g/mol. The molecular weight excluding hydrogens is 583 g/mol. The minimum atomic E-state index is 0.642. The molecule has 228 valence electrons. The summed E-state index contributed by atoms with van der Waals surface area (Å²) in [6, 6.07) is 51.2. The van der Waals surface area contributed by atoms with Crippen LogP contribution in [0.5, 0.6) is 0 Å². The van der Waals surface area contributed by atoms with E-state index in [2.05, 4.69) is 159 Å². The summed E-state index contributed by atoms with van der Waals surface area (Å²) in [6.07, 6.45) is 6.23. The number of allylic oxidation sites excluding steroid dienone is 4. The summed E-state index contributed by atoms with van der Waals surface area (Å²) in [6.45, 7) is 4.15. The molecule has 0 unspecified atom stereocenters. The molecule has 1 aromatic heterocycles. The quantitative estimate of drug-likeness (QED) is 0.138. The fourth-order valence-corrected chi connectivity index (χ4v) is 6.52. The van der Waals surface area contributed by atoms with Gasteiger partial charge in [-0.2, -0.15) is 0 Å². The third-order valence-corrected chi connectivity index (χ3v) is 8.98. The van der Waals surface area contributed by atoms with Crippen LogP contribution in [0.3, 0.4) is 0 Å². The second-order valence-corrected chi connectivity index (χ2v) is 12.1. The van der Waals surface area contributed by atoms with Gasteiger partial charge in [-0.1, -0.05) is 146 Å². The third-order valence-electron chi connectivity index (χ3n) is 8.98. The molecule has 0 radical (unpaired) electrons. The van der Waals surface area contributed by atoms with E-state index in [1.54, 1.807) is 0 Å². The smallest absolute Gasteiger partial charge is 0.164 e. The van der Waals surface area contributed by atoms with Crippen LogP contribution < -0.4 is 0 Å². The molecule has 7 aromatic carbocycles. The molecule has 8 rings (SSSR count). The van der Waals surface area contributed by atoms with E-state index in [1.807, 2.05) is 19.1 Å². The van der Waals surface area contributed by atoms with Gasteiger partial charge >= 0.3 is 0 Å². The SMILES string of the molecule is C/C=C\C=C(/C)c1cccc(-c2nc(-c3cccc(-c4ccccc4)c3)nc(-c3ccc4c5ccccc5c5ccccc5c4c3)n2)c1. The maximum Gasteiger partial charge on any atom is 0.164 e. The zero-order chi connectivity index (χ0) is 32.5. The van der Waals surface area contributed by atoms with Crippen molar-refractivity contribution in [2.75, 3.05) is 0 Å². The average Bonchev–Trinajstić information content (AvgIpc) is 3.17. The molecule has 0 fully saturated rings. The molecule has 8 aromatic rings. The molecule has 0 aliphatic carbocycles. The molecule has 0 aliphatic rings. The molecule has 0 atom stereocenters. The van der Waals surface area contributed by atoms with Crippen LogP contribution in [0, 0.1) is 0 Å². The van der Waals surface area contributed by atoms with Crippen LogP contribution in [0.25, 0.3) is 83.2 Å². The number of hydrogen-bond donors (Lipinski definition) is 0. The Bertz CT molecular complexity index is 2490. The van der Waals surface area contributed by atoms with Crippen molar-refractivity contribution in [2.24, 2.45) is 0 Å². The minimum absolute atomic E-state index is 0.642. The molecule has 48 heavy (non-hydrogen) atoms. The number of benzene rings is 7. The summed E-state index contributed by atoms with van der Waals surface area (Å²) in [5, 5.41) is 7.36. The van der Waals surface area contributed by atoms with Gasteiger partial charge in [0, 0.05) is 16.7 Å². The Kier molecular flexibility index (Phi) is 7.64. The van der Waals surface area contributed by atoms with Gasteiger partial charge in [0.1, 0.15) is 0 Å². The summed E-state index contributed by atoms with van der Waals surface area (Å²) in [4.78, 5) is 15.4. The van der Waals surface area contributed by atoms with Crippen LogP contribution in [0.4, 0.5) is 0 Å². The van der Waals surface area contributed by atoms with Gasteiger partial charge in [0.25, 0.3) is 0 Å². The minimum Gasteiger partial charge on any atom is -0.208 e. The second kappa shape index (κ2) is 12.5. The highest BCUT2D eigenvalue weighted by molar-refractivity contribution is 6.25. The van der Waals surface area contributed by atoms with Gasteiger partial charge in [-0.15, -0.1) is 0 Å². The van der Waals surface area contributed by atoms with E-state index in [9.17, 15) is 0 Å². The maximum atomic E-state index is 5.14. The number of hydrogen-bond acceptors (Lipinski definition) is 3. The Morgan fingerprint density at radius 3 is 1.52 bits per heavy atom. The number of nitrogens with zero attached hydrogens (tertiary/aromatic N) is 3. The summed E-state index contributed by atoms with van der Waals surface area (Å²) < 4.78 is 0. The third kappa shape index (κ3) is 5.46. The molecule has 0 aliphatic heterocycles. The standard InChI is InChI=1S/C45H33N3/c1-3-4-14-30(2)32-17-12-19-34(27-32)43-46-44(35-20-13-18-33(28-35)31-15-6-5-7-16-31)48-45(47-43)36-25-26-41-39-23-9-8-21-37(39)38-22-10-11-24-40(38)42(41)29-36/h3-29H,1-2H3/b4-3-,30-14+. The zero-order valence-corrected chi connectivity index (χ0v) is 26.9. The zero-order valence-electron chi connectivity index (χ0n) is 26.9. The molecule has 0 saturated carbocycles. The van der Waals surface area contributed by atoms with Crippen LogP contribution in [-0.2, 0) is 0 Å². The van der Waals surface area contributed by atoms with Crippen molar-refractivity contribution in [3.05, 3.63) is 169 Å². The number of aromatic nitrogens is 3. The van der Waals surface area contributed by atoms with Crippen molar-refractivity contribution in [2.45, 2.75) is 13.8 Å². The van der Waals surface area contributed by atoms with Gasteiger partial charge < -0.3 is 0 Å². The van der Waals surface area contributed by atoms with E-state index in [0.717, 1.165) is 33.4 Å². The molecule has 0 amide bonds. The van der Waals surface area contributed by atoms with Crippen molar-refractivity contribution >= 4 is 37.9 Å². The van der Waals surface area contributed by atoms with E-state index in [4.69, 9.17) is 15.0 Å². The van der Waals surface area contributed by atoms with Crippen molar-refractivity contribution < 1.29 is 0 Å². The predicted octanol–water partition coefficient (Wildman–Crippen LogP) is 12.0. The Balaban J connectivity index is 1.34. The largest absolute Gasteiger partial charge is 0.208 e. The van der Waals surface area contributed by atoms with Gasteiger partial charge in [-0.3, -0.25) is 0 Å². The first-order chi connectivity index (χ1) is 23.7. The molecule has 3 nitrogen and oxygen atoms in total. The van der Waals surface area contributed by atoms with E-state index >= 15 is 0 Å². The summed E-state index contributed by atoms with van der Waals surface area (Å²) in [5.41, 5.74) is 7.41. The fraction of sp³-hybridized carbons (Fsp3) is 0.0444. The lowest BCUT2D eigenvalue weighted by atomic mass is 9.93. The second-order valence-electron chi connectivity index (χ2n) is 12.1. The van der Waals surface area contributed by atoms with Gasteiger partial charge in [-0.25, -0.2) is 15.0 Å². The predicted molar refractivity (Wildman–Crippen MR) is 203 cm³/mol. The van der Waals surface area contributed by atoms with E-state index in [0.29, 0.717) is 17.5 Å². The normalized spacial score (nSPS) is 12.0. The van der Waals surface area contributed by atoms with Gasteiger partial charge in [0.05, 0.1) is 0 Å². The maximum absolute atomic E-state index is 5.14. The molecular formula is C45H33N3. The van der Waals surface area contributed by atoms with Crippen LogP contribution in [0.15, 0.2) is 164 Å². The van der Waals surface area contributed by atoms with Crippen LogP contribution in [0.2, 0.25) is 0 Å². The molecule has 0 saturated heterocycles. The Hall–Kier alpha value is -6.19. The first-order valence-electron chi connectivity index (χ1n) is 16.3. The Labute approximate surface area is 280 Å². The van der Waals surface area contributed by atoms with Gasteiger partial charge in [-0.05, 0) is 86.6 Å². The first kappa shape index (κ1) is 29.2. The summed E-state index contributed by atoms with van der Waals surface area (Å²) in [7, 11) is 0. The number of fused-ring (bicyclic) bond motifs is 6. The number of rotatable bonds is 6. The van der Waals surface area contributed by atoms with E-state index < -0.39 is 0 Å². The Morgan fingerprint density at radius 2 is 0.896 bits per heavy atom. The molecule has 0 bridgehead atoms. The molecule has 3 heteroatoms. The highest BCUT2D eigenvalue weighted by atomic mass is 15.0.